The van der Waals surface area contributed by atoms with Gasteiger partial charge < -0.3 is 4.57 Å². The van der Waals surface area contributed by atoms with Crippen molar-refractivity contribution in [2.45, 2.75) is 6.42 Å². The smallest absolute Gasteiger partial charge is 0.0625 e. The van der Waals surface area contributed by atoms with Gasteiger partial charge in [0, 0.05) is 34.4 Å². The van der Waals surface area contributed by atoms with Gasteiger partial charge in [-0.1, -0.05) is 220 Å². The van der Waals surface area contributed by atoms with E-state index in [-0.39, 0.29) is 0 Å². The Hall–Kier alpha value is -6.83. The van der Waals surface area contributed by atoms with Crippen molar-refractivity contribution in [2.75, 3.05) is 0 Å². The molecule has 0 atom stereocenters. The fourth-order valence-corrected chi connectivity index (χ4v) is 11.3. The Labute approximate surface area is 432 Å². The van der Waals surface area contributed by atoms with Crippen LogP contribution in [-0.2, 0) is 6.42 Å². The summed E-state index contributed by atoms with van der Waals surface area (Å²) in [6.07, 6.45) is 1.05. The van der Waals surface area contributed by atoms with E-state index in [1.807, 2.05) is 0 Å². The predicted octanol–water partition coefficient (Wildman–Crippen LogP) is 19.8. The average Bonchev–Trinajstić information content (AvgIpc) is 3.98. The van der Waals surface area contributed by atoms with Crippen molar-refractivity contribution in [1.82, 2.24) is 4.57 Å². The first-order valence-electron chi connectivity index (χ1n) is 23.2. The Morgan fingerprint density at radius 3 is 1.35 bits per heavy atom. The molecule has 0 saturated carbocycles. The van der Waals surface area contributed by atoms with Gasteiger partial charge >= 0.3 is 0 Å². The van der Waals surface area contributed by atoms with Crippen LogP contribution in [0.5, 0.6) is 0 Å². The molecule has 0 aliphatic heterocycles. The Kier molecular flexibility index (Phi) is 11.7. The van der Waals surface area contributed by atoms with E-state index in [9.17, 15) is 0 Å². The Balaban J connectivity index is 0.000000119. The number of nitrogens with zero attached hydrogens (tertiary/aromatic N) is 1. The van der Waals surface area contributed by atoms with Crippen LogP contribution in [0.1, 0.15) is 11.1 Å². The summed E-state index contributed by atoms with van der Waals surface area (Å²) in [4.78, 5) is 0. The second-order valence-electron chi connectivity index (χ2n) is 17.5. The van der Waals surface area contributed by atoms with Crippen molar-refractivity contribution in [3.63, 3.8) is 0 Å². The quantitative estimate of drug-likeness (QED) is 0.123. The first-order chi connectivity index (χ1) is 34.0. The number of para-hydroxylation sites is 1. The van der Waals surface area contributed by atoms with Gasteiger partial charge in [-0.3, -0.25) is 0 Å². The zero-order chi connectivity index (χ0) is 46.4. The van der Waals surface area contributed by atoms with Gasteiger partial charge in [-0.05, 0) is 166 Å². The third-order valence-electron chi connectivity index (χ3n) is 13.6. The molecular weight excluding hydrogens is 1080 g/mol. The van der Waals surface area contributed by atoms with Gasteiger partial charge in [0.05, 0.1) is 11.0 Å². The molecule has 0 spiro atoms. The lowest BCUT2D eigenvalue weighted by atomic mass is 9.92. The summed E-state index contributed by atoms with van der Waals surface area (Å²) < 4.78 is 5.91. The molecule has 0 N–H and O–H groups in total. The van der Waals surface area contributed by atoms with Gasteiger partial charge in [0.15, 0.2) is 0 Å². The summed E-state index contributed by atoms with van der Waals surface area (Å²) >= 11 is 9.28. The van der Waals surface area contributed by atoms with E-state index in [0.29, 0.717) is 0 Å². The number of hydrogen-bond acceptors (Lipinski definition) is 0. The highest BCUT2D eigenvalue weighted by Gasteiger charge is 2.23. The molecule has 0 radical (unpaired) electrons. The van der Waals surface area contributed by atoms with Crippen LogP contribution >= 0.6 is 54.5 Å². The van der Waals surface area contributed by atoms with Crippen molar-refractivity contribution in [2.24, 2.45) is 0 Å². The third-order valence-corrected chi connectivity index (χ3v) is 15.3. The molecule has 1 aliphatic carbocycles. The second kappa shape index (κ2) is 18.6. The van der Waals surface area contributed by atoms with E-state index in [0.717, 1.165) is 15.4 Å². The molecule has 1 aromatic heterocycles. The lowest BCUT2D eigenvalue weighted by Gasteiger charge is -2.13. The molecule has 69 heavy (non-hydrogen) atoms. The number of halogens is 3. The molecular formula is C65H42Br2IN. The highest BCUT2D eigenvalue weighted by molar-refractivity contribution is 14.1. The molecule has 12 aromatic carbocycles. The molecule has 14 rings (SSSR count). The minimum absolute atomic E-state index is 1.05. The lowest BCUT2D eigenvalue weighted by Crippen LogP contribution is -1.95. The van der Waals surface area contributed by atoms with Crippen molar-refractivity contribution in [3.8, 4) is 39.1 Å². The monoisotopic (exact) mass is 1120 g/mol. The van der Waals surface area contributed by atoms with Crippen LogP contribution in [0, 0.1) is 3.57 Å². The fourth-order valence-electron chi connectivity index (χ4n) is 10.4. The summed E-state index contributed by atoms with van der Waals surface area (Å²) in [5.74, 6) is 0. The summed E-state index contributed by atoms with van der Waals surface area (Å²) in [7, 11) is 0. The Bertz CT molecular complexity index is 4000. The molecule has 328 valence electrons. The maximum absolute atomic E-state index is 3.54. The molecule has 0 unspecified atom stereocenters. The molecule has 13 aromatic rings. The lowest BCUT2D eigenvalue weighted by molar-refractivity contribution is 1.19. The van der Waals surface area contributed by atoms with Gasteiger partial charge in [0.1, 0.15) is 0 Å². The molecule has 0 saturated heterocycles. The third kappa shape index (κ3) is 8.04. The van der Waals surface area contributed by atoms with E-state index >= 15 is 0 Å². The summed E-state index contributed by atoms with van der Waals surface area (Å²) in [6.45, 7) is 0. The number of benzene rings is 12. The fraction of sp³-hybridized carbons (Fsp3) is 0.0154. The van der Waals surface area contributed by atoms with Gasteiger partial charge in [-0.2, -0.15) is 0 Å². The van der Waals surface area contributed by atoms with Crippen molar-refractivity contribution < 1.29 is 0 Å². The zero-order valence-electron chi connectivity index (χ0n) is 37.4. The van der Waals surface area contributed by atoms with Crippen LogP contribution in [0.4, 0.5) is 0 Å². The van der Waals surface area contributed by atoms with Crippen LogP contribution in [0.15, 0.2) is 252 Å². The molecule has 1 nitrogen and oxygen atoms in total. The first kappa shape index (κ1) is 43.5. The van der Waals surface area contributed by atoms with Crippen molar-refractivity contribution in [3.05, 3.63) is 266 Å². The van der Waals surface area contributed by atoms with Gasteiger partial charge in [-0.15, -0.1) is 0 Å². The maximum atomic E-state index is 3.54. The van der Waals surface area contributed by atoms with E-state index < -0.39 is 0 Å². The second-order valence-corrected chi connectivity index (χ2v) is 20.6. The van der Waals surface area contributed by atoms with Crippen LogP contribution in [0.2, 0.25) is 0 Å². The normalized spacial score (nSPS) is 11.6. The van der Waals surface area contributed by atoms with Crippen LogP contribution in [0.25, 0.3) is 104 Å². The molecule has 0 bridgehead atoms. The minimum atomic E-state index is 1.05. The first-order valence-corrected chi connectivity index (χ1v) is 25.9. The Morgan fingerprint density at radius 1 is 0.348 bits per heavy atom. The molecule has 4 heteroatoms. The van der Waals surface area contributed by atoms with Gasteiger partial charge in [-0.25, -0.2) is 0 Å². The van der Waals surface area contributed by atoms with Gasteiger partial charge in [0.2, 0.25) is 0 Å². The topological polar surface area (TPSA) is 4.93 Å². The SMILES string of the molecule is Brc1ccc(-c2ccc(-n3c4ccccc4c4c5ccccc5c5ccccc5c43)cc2)cc1.Brc1ccc(-c2ccc(I)cc2)cc1.c1ccc2c(c1)Cc1c-2c2ccccc2c2ccccc12. The van der Waals surface area contributed by atoms with Crippen LogP contribution in [-0.4, -0.2) is 4.57 Å². The maximum Gasteiger partial charge on any atom is 0.0625 e. The standard InChI is InChI=1S/C32H20BrN.C21H14.C12H8BrI/c33-23-17-13-21(14-18-23)22-15-19-24(20-16-22)34-30-12-6-5-11-29(30)31-27-9-3-1-7-25(27)26-8-2-4-10-28(26)32(31)34;1-2-8-15-14(7-1)13-20-18-11-4-3-9-16(18)17-10-5-6-12-19(17)21(15)20;13-11-5-1-9(2-6-11)10-3-7-12(14)8-4-10/h1-20H;1-12H,13H2;1-8H. The van der Waals surface area contributed by atoms with E-state index in [2.05, 4.69) is 302 Å². The summed E-state index contributed by atoms with van der Waals surface area (Å²) in [5, 5.41) is 13.3. The van der Waals surface area contributed by atoms with Crippen LogP contribution < -0.4 is 0 Å². The largest absolute Gasteiger partial charge is 0.309 e. The van der Waals surface area contributed by atoms with Gasteiger partial charge in [0.25, 0.3) is 0 Å². The molecule has 0 fully saturated rings. The minimum Gasteiger partial charge on any atom is -0.309 e. The number of fused-ring (bicyclic) bond motifs is 16. The molecule has 1 aliphatic rings. The number of aromatic nitrogens is 1. The zero-order valence-corrected chi connectivity index (χ0v) is 42.7. The van der Waals surface area contributed by atoms with Crippen LogP contribution in [0.3, 0.4) is 0 Å². The van der Waals surface area contributed by atoms with Crippen molar-refractivity contribution in [1.29, 1.82) is 0 Å². The Morgan fingerprint density at radius 2 is 0.754 bits per heavy atom. The molecule has 0 amide bonds. The number of rotatable bonds is 3. The molecule has 1 heterocycles. The summed E-state index contributed by atoms with van der Waals surface area (Å²) in [6, 6.07) is 87.1. The van der Waals surface area contributed by atoms with E-state index in [1.165, 1.54) is 119 Å². The van der Waals surface area contributed by atoms with Crippen molar-refractivity contribution >= 4 is 119 Å². The predicted molar refractivity (Wildman–Crippen MR) is 311 cm³/mol. The van der Waals surface area contributed by atoms with E-state index in [4.69, 9.17) is 0 Å². The summed E-state index contributed by atoms with van der Waals surface area (Å²) in [5.41, 5.74) is 14.4. The number of hydrogen-bond donors (Lipinski definition) is 0. The van der Waals surface area contributed by atoms with E-state index in [1.54, 1.807) is 0 Å². The highest BCUT2D eigenvalue weighted by Crippen LogP contribution is 2.46. The average molecular weight is 1120 g/mol. The highest BCUT2D eigenvalue weighted by atomic mass is 127.